The largest absolute Gasteiger partial charge is 0.473 e. The molecule has 1 fully saturated rings. The molecule has 0 radical (unpaired) electrons. The highest BCUT2D eigenvalue weighted by atomic mass is 35.5. The molecular weight excluding hydrogens is 532 g/mol. The van der Waals surface area contributed by atoms with E-state index >= 15 is 0 Å². The number of ether oxygens (including phenoxy) is 1. The van der Waals surface area contributed by atoms with Crippen LogP contribution in [0.2, 0.25) is 5.15 Å². The van der Waals surface area contributed by atoms with Gasteiger partial charge in [-0.3, -0.25) is 4.90 Å². The van der Waals surface area contributed by atoms with Crippen molar-refractivity contribution in [1.82, 2.24) is 24.9 Å². The highest BCUT2D eigenvalue weighted by Crippen LogP contribution is 2.50. The molecule has 0 spiro atoms. The number of fused-ring (bicyclic) bond motifs is 3. The van der Waals surface area contributed by atoms with E-state index in [0.717, 1.165) is 28.6 Å². The van der Waals surface area contributed by atoms with Crippen molar-refractivity contribution >= 4 is 34.7 Å². The van der Waals surface area contributed by atoms with Crippen LogP contribution >= 0.6 is 11.6 Å². The molecule has 0 aromatic carbocycles. The maximum atomic E-state index is 14.2. The molecule has 1 saturated heterocycles. The van der Waals surface area contributed by atoms with Gasteiger partial charge in [0.05, 0.1) is 17.6 Å². The molecule has 198 valence electrons. The summed E-state index contributed by atoms with van der Waals surface area (Å²) >= 11 is 5.87. The Labute approximate surface area is 209 Å². The SMILES string of the molecule is C[C@@]1(C(F)(F)F)CN(C(=O)Nc2cc(O[C@H]3CCNC3)nc(C(F)(F)F)c2)c2cnc3cc(Cl)nn3c21. The number of urea groups is 1. The molecule has 2 N–H and O–H groups in total. The van der Waals surface area contributed by atoms with Crippen LogP contribution in [0.1, 0.15) is 24.7 Å². The van der Waals surface area contributed by atoms with Gasteiger partial charge in [0.2, 0.25) is 5.88 Å². The second kappa shape index (κ2) is 8.62. The van der Waals surface area contributed by atoms with Gasteiger partial charge in [-0.05, 0) is 26.0 Å². The topological polar surface area (TPSA) is 96.7 Å². The lowest BCUT2D eigenvalue weighted by Crippen LogP contribution is -2.46. The molecule has 37 heavy (non-hydrogen) atoms. The third-order valence-electron chi connectivity index (χ3n) is 6.24. The van der Waals surface area contributed by atoms with Gasteiger partial charge in [-0.15, -0.1) is 0 Å². The molecule has 3 aromatic heterocycles. The summed E-state index contributed by atoms with van der Waals surface area (Å²) in [6.07, 6.45) is -8.50. The third-order valence-corrected chi connectivity index (χ3v) is 6.42. The third kappa shape index (κ3) is 4.50. The van der Waals surface area contributed by atoms with Gasteiger partial charge in [0.1, 0.15) is 11.5 Å². The quantitative estimate of drug-likeness (QED) is 0.470. The number of carbonyl (C=O) groups excluding carboxylic acids is 1. The maximum absolute atomic E-state index is 14.2. The lowest BCUT2D eigenvalue weighted by molar-refractivity contribution is -0.181. The van der Waals surface area contributed by atoms with Crippen LogP contribution in [-0.2, 0) is 11.6 Å². The summed E-state index contributed by atoms with van der Waals surface area (Å²) in [4.78, 5) is 21.4. The number of anilines is 2. The molecule has 2 aliphatic heterocycles. The van der Waals surface area contributed by atoms with E-state index in [1.165, 1.54) is 6.07 Å². The number of alkyl halides is 6. The van der Waals surface area contributed by atoms with Gasteiger partial charge < -0.3 is 15.4 Å². The molecule has 0 saturated carbocycles. The number of carbonyl (C=O) groups is 1. The number of hydrogen-bond donors (Lipinski definition) is 2. The molecule has 2 amide bonds. The summed E-state index contributed by atoms with van der Waals surface area (Å²) in [5.74, 6) is -0.379. The Morgan fingerprint density at radius 1 is 1.24 bits per heavy atom. The lowest BCUT2D eigenvalue weighted by Gasteiger charge is -2.28. The minimum absolute atomic E-state index is 0.0358. The molecule has 9 nitrogen and oxygen atoms in total. The fourth-order valence-electron chi connectivity index (χ4n) is 4.37. The van der Waals surface area contributed by atoms with Crippen LogP contribution in [-0.4, -0.2) is 57.5 Å². The van der Waals surface area contributed by atoms with Crippen LogP contribution in [0.25, 0.3) is 5.65 Å². The van der Waals surface area contributed by atoms with Crippen molar-refractivity contribution < 1.29 is 35.9 Å². The van der Waals surface area contributed by atoms with Crippen LogP contribution in [0.3, 0.4) is 0 Å². The highest BCUT2D eigenvalue weighted by Gasteiger charge is 2.60. The van der Waals surface area contributed by atoms with Gasteiger partial charge in [-0.2, -0.15) is 31.4 Å². The zero-order valence-corrected chi connectivity index (χ0v) is 19.7. The van der Waals surface area contributed by atoms with Crippen molar-refractivity contribution in [2.75, 3.05) is 29.9 Å². The van der Waals surface area contributed by atoms with E-state index in [2.05, 4.69) is 25.7 Å². The normalized spacial score (nSPS) is 21.9. The Balaban J connectivity index is 1.51. The predicted molar refractivity (Wildman–Crippen MR) is 119 cm³/mol. The molecule has 2 atom stereocenters. The second-order valence-corrected chi connectivity index (χ2v) is 9.27. The van der Waals surface area contributed by atoms with E-state index < -0.39 is 42.1 Å². The zero-order chi connectivity index (χ0) is 26.8. The first kappa shape index (κ1) is 25.3. The van der Waals surface area contributed by atoms with E-state index in [0.29, 0.717) is 25.6 Å². The molecule has 0 unspecified atom stereocenters. The van der Waals surface area contributed by atoms with Crippen molar-refractivity contribution in [3.8, 4) is 5.88 Å². The maximum Gasteiger partial charge on any atom is 0.433 e. The fraction of sp³-hybridized carbons (Fsp3) is 0.429. The smallest absolute Gasteiger partial charge is 0.433 e. The Bertz CT molecular complexity index is 1370. The summed E-state index contributed by atoms with van der Waals surface area (Å²) in [7, 11) is 0. The first-order chi connectivity index (χ1) is 17.3. The number of nitrogens with one attached hydrogen (secondary N) is 2. The molecule has 0 bridgehead atoms. The number of rotatable bonds is 3. The van der Waals surface area contributed by atoms with Crippen molar-refractivity contribution in [3.05, 3.63) is 40.9 Å². The standard InChI is InChI=1S/C21H18ClF6N7O2/c1-19(21(26,27)28)9-34(12-8-30-15-6-14(22)33-35(15)17(12)19)18(36)31-10-4-13(20(23,24)25)32-16(5-10)37-11-2-3-29-7-11/h4-6,8,11,29H,2-3,7,9H2,1H3,(H,31,32,36)/t11-,19+/m0/s1. The summed E-state index contributed by atoms with van der Waals surface area (Å²) in [6, 6.07) is 1.81. The molecule has 16 heteroatoms. The average Bonchev–Trinajstić information content (AvgIpc) is 3.50. The van der Waals surface area contributed by atoms with E-state index in [-0.39, 0.29) is 33.7 Å². The van der Waals surface area contributed by atoms with Crippen LogP contribution in [0.5, 0.6) is 5.88 Å². The van der Waals surface area contributed by atoms with Gasteiger partial charge in [-0.25, -0.2) is 19.3 Å². The van der Waals surface area contributed by atoms with Gasteiger partial charge in [0, 0.05) is 30.9 Å². The summed E-state index contributed by atoms with van der Waals surface area (Å²) in [5, 5.41) is 9.02. The molecule has 2 aliphatic rings. The van der Waals surface area contributed by atoms with Crippen molar-refractivity contribution in [2.45, 2.75) is 37.2 Å². The summed E-state index contributed by atoms with van der Waals surface area (Å²) < 4.78 is 89.6. The van der Waals surface area contributed by atoms with Crippen LogP contribution in [0.15, 0.2) is 24.4 Å². The molecule has 5 rings (SSSR count). The van der Waals surface area contributed by atoms with Crippen molar-refractivity contribution in [3.63, 3.8) is 0 Å². The van der Waals surface area contributed by atoms with Gasteiger partial charge in [0.25, 0.3) is 0 Å². The molecular formula is C21H18ClF6N7O2. The number of pyridine rings is 1. The highest BCUT2D eigenvalue weighted by molar-refractivity contribution is 6.29. The minimum Gasteiger partial charge on any atom is -0.473 e. The number of nitrogens with zero attached hydrogens (tertiary/aromatic N) is 5. The monoisotopic (exact) mass is 549 g/mol. The Kier molecular flexibility index (Phi) is 5.90. The van der Waals surface area contributed by atoms with E-state index in [4.69, 9.17) is 16.3 Å². The summed E-state index contributed by atoms with van der Waals surface area (Å²) in [5.41, 5.74) is -4.82. The number of amides is 2. The number of hydrogen-bond acceptors (Lipinski definition) is 6. The Hall–Kier alpha value is -3.33. The Morgan fingerprint density at radius 2 is 2.00 bits per heavy atom. The lowest BCUT2D eigenvalue weighted by atomic mass is 9.88. The predicted octanol–water partition coefficient (Wildman–Crippen LogP) is 4.41. The first-order valence-electron chi connectivity index (χ1n) is 10.9. The average molecular weight is 550 g/mol. The van der Waals surface area contributed by atoms with Gasteiger partial charge >= 0.3 is 18.4 Å². The van der Waals surface area contributed by atoms with Crippen LogP contribution in [0.4, 0.5) is 42.5 Å². The van der Waals surface area contributed by atoms with E-state index in [1.54, 1.807) is 0 Å². The first-order valence-corrected chi connectivity index (χ1v) is 11.3. The summed E-state index contributed by atoms with van der Waals surface area (Å²) in [6.45, 7) is 1.04. The molecule has 0 aliphatic carbocycles. The fourth-order valence-corrected chi connectivity index (χ4v) is 4.54. The minimum atomic E-state index is -4.86. The van der Waals surface area contributed by atoms with E-state index in [9.17, 15) is 31.1 Å². The van der Waals surface area contributed by atoms with Gasteiger partial charge in [-0.1, -0.05) is 11.6 Å². The number of halogens is 7. The van der Waals surface area contributed by atoms with E-state index in [1.807, 2.05) is 0 Å². The van der Waals surface area contributed by atoms with Crippen LogP contribution < -0.4 is 20.3 Å². The van der Waals surface area contributed by atoms with Crippen molar-refractivity contribution in [2.24, 2.45) is 0 Å². The molecule has 3 aromatic rings. The Morgan fingerprint density at radius 3 is 2.65 bits per heavy atom. The molecule has 5 heterocycles. The van der Waals surface area contributed by atoms with Gasteiger partial charge in [0.15, 0.2) is 16.5 Å². The number of aromatic nitrogens is 4. The second-order valence-electron chi connectivity index (χ2n) is 8.88. The zero-order valence-electron chi connectivity index (χ0n) is 18.9. The van der Waals surface area contributed by atoms with Crippen molar-refractivity contribution in [1.29, 1.82) is 0 Å². The van der Waals surface area contributed by atoms with Crippen LogP contribution in [0, 0.1) is 0 Å².